The van der Waals surface area contributed by atoms with Gasteiger partial charge in [0.2, 0.25) is 0 Å². The van der Waals surface area contributed by atoms with E-state index in [1.54, 1.807) is 0 Å². The fourth-order valence-electron chi connectivity index (χ4n) is 5.18. The predicted molar refractivity (Wildman–Crippen MR) is 121 cm³/mol. The van der Waals surface area contributed by atoms with Crippen molar-refractivity contribution in [3.8, 4) is 11.1 Å². The SMILES string of the molecule is CCCCOCC1(C(C=O)C(CC)CCCC)c2ccccc2-c2ccccc21. The third kappa shape index (κ3) is 4.05. The van der Waals surface area contributed by atoms with Crippen LogP contribution in [0.25, 0.3) is 11.1 Å². The van der Waals surface area contributed by atoms with Gasteiger partial charge in [-0.2, -0.15) is 0 Å². The molecule has 0 saturated carbocycles. The standard InChI is InChI=1S/C27H36O2/c1-4-7-13-21(6-3)26(19-28)27(20-29-18-8-5-2)24-16-11-9-14-22(24)23-15-10-12-17-25(23)27/h9-12,14-17,19,21,26H,4-8,13,18,20H2,1-3H3. The van der Waals surface area contributed by atoms with Crippen LogP contribution in [-0.4, -0.2) is 19.5 Å². The predicted octanol–water partition coefficient (Wildman–Crippen LogP) is 6.80. The molecule has 3 rings (SSSR count). The van der Waals surface area contributed by atoms with Crippen LogP contribution < -0.4 is 0 Å². The number of carbonyl (C=O) groups is 1. The summed E-state index contributed by atoms with van der Waals surface area (Å²) in [5.41, 5.74) is 4.67. The number of hydrogen-bond donors (Lipinski definition) is 0. The molecule has 0 bridgehead atoms. The van der Waals surface area contributed by atoms with Gasteiger partial charge in [-0.25, -0.2) is 0 Å². The van der Waals surface area contributed by atoms with Gasteiger partial charge in [-0.3, -0.25) is 0 Å². The van der Waals surface area contributed by atoms with Gasteiger partial charge in [0.25, 0.3) is 0 Å². The molecule has 156 valence electrons. The Morgan fingerprint density at radius 3 is 2.00 bits per heavy atom. The van der Waals surface area contributed by atoms with Crippen molar-refractivity contribution in [2.24, 2.45) is 11.8 Å². The lowest BCUT2D eigenvalue weighted by Crippen LogP contribution is -2.44. The molecule has 2 heteroatoms. The second kappa shape index (κ2) is 10.2. The van der Waals surface area contributed by atoms with Gasteiger partial charge < -0.3 is 9.53 Å². The summed E-state index contributed by atoms with van der Waals surface area (Å²) >= 11 is 0. The maximum absolute atomic E-state index is 12.7. The molecule has 0 radical (unpaired) electrons. The average Bonchev–Trinajstić information content (AvgIpc) is 3.05. The van der Waals surface area contributed by atoms with Crippen molar-refractivity contribution >= 4 is 6.29 Å². The summed E-state index contributed by atoms with van der Waals surface area (Å²) in [4.78, 5) is 12.7. The summed E-state index contributed by atoms with van der Waals surface area (Å²) in [7, 11) is 0. The largest absolute Gasteiger partial charge is 0.380 e. The van der Waals surface area contributed by atoms with Crippen LogP contribution >= 0.6 is 0 Å². The first kappa shape index (κ1) is 21.8. The number of aldehydes is 1. The van der Waals surface area contributed by atoms with Gasteiger partial charge in [0.15, 0.2) is 0 Å². The first-order valence-corrected chi connectivity index (χ1v) is 11.5. The Kier molecular flexibility index (Phi) is 7.66. The van der Waals surface area contributed by atoms with Crippen LogP contribution in [0.5, 0.6) is 0 Å². The van der Waals surface area contributed by atoms with E-state index in [-0.39, 0.29) is 5.92 Å². The van der Waals surface area contributed by atoms with Crippen LogP contribution in [0.1, 0.15) is 70.4 Å². The Morgan fingerprint density at radius 1 is 0.897 bits per heavy atom. The van der Waals surface area contributed by atoms with E-state index >= 15 is 0 Å². The number of benzene rings is 2. The molecule has 2 aromatic rings. The van der Waals surface area contributed by atoms with E-state index in [9.17, 15) is 4.79 Å². The molecular formula is C27H36O2. The molecule has 0 N–H and O–H groups in total. The van der Waals surface area contributed by atoms with Gasteiger partial charge in [-0.05, 0) is 41.0 Å². The summed E-state index contributed by atoms with van der Waals surface area (Å²) in [6, 6.07) is 17.3. The highest BCUT2D eigenvalue weighted by Crippen LogP contribution is 2.54. The summed E-state index contributed by atoms with van der Waals surface area (Å²) in [6.45, 7) is 7.97. The molecule has 2 nitrogen and oxygen atoms in total. The quantitative estimate of drug-likeness (QED) is 0.293. The molecule has 29 heavy (non-hydrogen) atoms. The Hall–Kier alpha value is -1.93. The molecule has 0 spiro atoms. The number of ether oxygens (including phenoxy) is 1. The Labute approximate surface area is 176 Å². The van der Waals surface area contributed by atoms with Crippen LogP contribution in [0, 0.1) is 11.8 Å². The topological polar surface area (TPSA) is 26.3 Å². The van der Waals surface area contributed by atoms with Gasteiger partial charge in [0, 0.05) is 12.5 Å². The number of carbonyl (C=O) groups excluding carboxylic acids is 1. The Bertz CT molecular complexity index is 749. The lowest BCUT2D eigenvalue weighted by atomic mass is 9.63. The highest BCUT2D eigenvalue weighted by atomic mass is 16.5. The zero-order chi connectivity index (χ0) is 20.7. The lowest BCUT2D eigenvalue weighted by Gasteiger charge is -2.40. The van der Waals surface area contributed by atoms with E-state index < -0.39 is 5.41 Å². The molecule has 2 atom stereocenters. The van der Waals surface area contributed by atoms with E-state index in [1.807, 2.05) is 0 Å². The zero-order valence-corrected chi connectivity index (χ0v) is 18.3. The van der Waals surface area contributed by atoms with Crippen LogP contribution in [0.2, 0.25) is 0 Å². The van der Waals surface area contributed by atoms with Crippen LogP contribution in [0.15, 0.2) is 48.5 Å². The molecule has 0 aliphatic heterocycles. The molecule has 1 aliphatic carbocycles. The van der Waals surface area contributed by atoms with Gasteiger partial charge >= 0.3 is 0 Å². The summed E-state index contributed by atoms with van der Waals surface area (Å²) in [6.07, 6.45) is 7.85. The van der Waals surface area contributed by atoms with Crippen molar-refractivity contribution in [3.63, 3.8) is 0 Å². The van der Waals surface area contributed by atoms with E-state index in [1.165, 1.54) is 35.0 Å². The van der Waals surface area contributed by atoms with Crippen molar-refractivity contribution in [1.82, 2.24) is 0 Å². The molecule has 2 aromatic carbocycles. The normalized spacial score (nSPS) is 16.1. The monoisotopic (exact) mass is 392 g/mol. The highest BCUT2D eigenvalue weighted by Gasteiger charge is 2.50. The molecule has 0 saturated heterocycles. The van der Waals surface area contributed by atoms with E-state index in [2.05, 4.69) is 69.3 Å². The van der Waals surface area contributed by atoms with E-state index in [0.717, 1.165) is 38.7 Å². The minimum Gasteiger partial charge on any atom is -0.380 e. The fourth-order valence-corrected chi connectivity index (χ4v) is 5.18. The summed E-state index contributed by atoms with van der Waals surface area (Å²) in [5.74, 6) is 0.284. The van der Waals surface area contributed by atoms with Crippen molar-refractivity contribution in [2.75, 3.05) is 13.2 Å². The van der Waals surface area contributed by atoms with Crippen LogP contribution in [0.3, 0.4) is 0 Å². The maximum Gasteiger partial charge on any atom is 0.124 e. The molecule has 0 aromatic heterocycles. The summed E-state index contributed by atoms with van der Waals surface area (Å²) < 4.78 is 6.30. The third-order valence-corrected chi connectivity index (χ3v) is 6.75. The Morgan fingerprint density at radius 2 is 1.48 bits per heavy atom. The van der Waals surface area contributed by atoms with Gasteiger partial charge in [-0.15, -0.1) is 0 Å². The van der Waals surface area contributed by atoms with Crippen molar-refractivity contribution in [2.45, 2.75) is 64.7 Å². The number of hydrogen-bond acceptors (Lipinski definition) is 2. The van der Waals surface area contributed by atoms with E-state index in [0.29, 0.717) is 12.5 Å². The van der Waals surface area contributed by atoms with Crippen molar-refractivity contribution in [3.05, 3.63) is 59.7 Å². The number of fused-ring (bicyclic) bond motifs is 3. The van der Waals surface area contributed by atoms with Crippen molar-refractivity contribution < 1.29 is 9.53 Å². The third-order valence-electron chi connectivity index (χ3n) is 6.75. The van der Waals surface area contributed by atoms with Gasteiger partial charge in [-0.1, -0.05) is 95.0 Å². The number of rotatable bonds is 12. The summed E-state index contributed by atoms with van der Waals surface area (Å²) in [5, 5.41) is 0. The molecule has 0 amide bonds. The molecule has 1 aliphatic rings. The molecular weight excluding hydrogens is 356 g/mol. The number of unbranched alkanes of at least 4 members (excludes halogenated alkanes) is 2. The fraction of sp³-hybridized carbons (Fsp3) is 0.519. The smallest absolute Gasteiger partial charge is 0.124 e. The first-order valence-electron chi connectivity index (χ1n) is 11.5. The molecule has 2 unspecified atom stereocenters. The molecule has 0 heterocycles. The van der Waals surface area contributed by atoms with Gasteiger partial charge in [0.05, 0.1) is 12.0 Å². The highest BCUT2D eigenvalue weighted by molar-refractivity contribution is 5.83. The maximum atomic E-state index is 12.7. The second-order valence-electron chi connectivity index (χ2n) is 8.44. The van der Waals surface area contributed by atoms with Crippen LogP contribution in [0.4, 0.5) is 0 Å². The van der Waals surface area contributed by atoms with E-state index in [4.69, 9.17) is 4.74 Å². The average molecular weight is 393 g/mol. The Balaban J connectivity index is 2.14. The van der Waals surface area contributed by atoms with Crippen LogP contribution in [-0.2, 0) is 14.9 Å². The minimum absolute atomic E-state index is 0.0783. The van der Waals surface area contributed by atoms with Crippen molar-refractivity contribution in [1.29, 1.82) is 0 Å². The molecule has 0 fully saturated rings. The first-order chi connectivity index (χ1) is 14.2. The zero-order valence-electron chi connectivity index (χ0n) is 18.3. The second-order valence-corrected chi connectivity index (χ2v) is 8.44. The van der Waals surface area contributed by atoms with Gasteiger partial charge in [0.1, 0.15) is 6.29 Å². The lowest BCUT2D eigenvalue weighted by molar-refractivity contribution is -0.115. The minimum atomic E-state index is -0.392.